The molecule has 2 aromatic heterocycles. The van der Waals surface area contributed by atoms with Gasteiger partial charge >= 0.3 is 15.6 Å². The molecule has 0 spiro atoms. The van der Waals surface area contributed by atoms with Gasteiger partial charge in [-0.05, 0) is 24.3 Å². The summed E-state index contributed by atoms with van der Waals surface area (Å²) in [5, 5.41) is 2.55. The van der Waals surface area contributed by atoms with Crippen LogP contribution in [0.25, 0.3) is 55.0 Å². The first-order chi connectivity index (χ1) is 16.2. The molecule has 0 N–H and O–H groups in total. The SMILES string of the molecule is O=S(=O)(Oc1ccc2oc3ccccc3c2c1-c1cccc2c1oc1ccccc12)C(F)(F)F. The van der Waals surface area contributed by atoms with Gasteiger partial charge in [-0.2, -0.15) is 21.6 Å². The van der Waals surface area contributed by atoms with Crippen LogP contribution in [0.3, 0.4) is 0 Å². The third-order valence-electron chi connectivity index (χ3n) is 5.66. The second kappa shape index (κ2) is 7.01. The van der Waals surface area contributed by atoms with Gasteiger partial charge in [-0.15, -0.1) is 0 Å². The average molecular weight is 482 g/mol. The highest BCUT2D eigenvalue weighted by molar-refractivity contribution is 7.88. The molecule has 0 saturated carbocycles. The molecule has 6 rings (SSSR count). The number of furan rings is 2. The van der Waals surface area contributed by atoms with E-state index in [9.17, 15) is 21.6 Å². The molecule has 0 aliphatic carbocycles. The van der Waals surface area contributed by atoms with Gasteiger partial charge in [0.1, 0.15) is 22.3 Å². The molecule has 0 unspecified atom stereocenters. The van der Waals surface area contributed by atoms with Crippen LogP contribution in [0.1, 0.15) is 0 Å². The Balaban J connectivity index is 1.76. The second-order valence-corrected chi connectivity index (χ2v) is 9.21. The molecule has 0 aliphatic heterocycles. The normalized spacial score (nSPS) is 12.8. The molecule has 5 nitrogen and oxygen atoms in total. The van der Waals surface area contributed by atoms with Crippen LogP contribution in [0.5, 0.6) is 5.75 Å². The Hall–Kier alpha value is -3.98. The van der Waals surface area contributed by atoms with E-state index in [4.69, 9.17) is 8.83 Å². The standard InChI is InChI=1S/C25H13F3O5S/c26-25(27,28)34(29,30)33-21-13-12-20-22(16-7-2-4-11-19(16)31-20)23(21)17-9-5-8-15-14-6-1-3-10-18(14)32-24(15)17/h1-13H. The number of benzene rings is 4. The minimum Gasteiger partial charge on any atom is -0.456 e. The van der Waals surface area contributed by atoms with Crippen LogP contribution < -0.4 is 4.18 Å². The van der Waals surface area contributed by atoms with E-state index in [0.29, 0.717) is 38.7 Å². The summed E-state index contributed by atoms with van der Waals surface area (Å²) < 4.78 is 80.1. The molecule has 0 atom stereocenters. The number of para-hydroxylation sites is 3. The fraction of sp³-hybridized carbons (Fsp3) is 0.0400. The van der Waals surface area contributed by atoms with Crippen molar-refractivity contribution in [1.29, 1.82) is 0 Å². The Kier molecular flexibility index (Phi) is 4.25. The van der Waals surface area contributed by atoms with Crippen molar-refractivity contribution >= 4 is 54.0 Å². The van der Waals surface area contributed by atoms with E-state index in [1.807, 2.05) is 18.2 Å². The summed E-state index contributed by atoms with van der Waals surface area (Å²) in [6, 6.07) is 22.0. The van der Waals surface area contributed by atoms with E-state index in [1.165, 1.54) is 6.07 Å². The second-order valence-electron chi connectivity index (χ2n) is 7.67. The Morgan fingerprint density at radius 3 is 2.06 bits per heavy atom. The summed E-state index contributed by atoms with van der Waals surface area (Å²) in [7, 11) is -5.93. The van der Waals surface area contributed by atoms with Gasteiger partial charge in [0.05, 0.1) is 0 Å². The Labute approximate surface area is 190 Å². The summed E-state index contributed by atoms with van der Waals surface area (Å²) in [5.41, 5.74) is -3.27. The molecule has 0 saturated heterocycles. The van der Waals surface area contributed by atoms with Crippen molar-refractivity contribution in [3.8, 4) is 16.9 Å². The van der Waals surface area contributed by atoms with Crippen molar-refractivity contribution in [2.24, 2.45) is 0 Å². The predicted molar refractivity (Wildman–Crippen MR) is 122 cm³/mol. The number of alkyl halides is 3. The molecular formula is C25H13F3O5S. The van der Waals surface area contributed by atoms with Gasteiger partial charge in [0.2, 0.25) is 0 Å². The van der Waals surface area contributed by atoms with E-state index in [0.717, 1.165) is 16.8 Å². The Bertz CT molecular complexity index is 1850. The molecule has 6 aromatic rings. The molecule has 0 radical (unpaired) electrons. The van der Waals surface area contributed by atoms with Crippen LogP contribution in [0.4, 0.5) is 13.2 Å². The van der Waals surface area contributed by atoms with Crippen LogP contribution >= 0.6 is 0 Å². The highest BCUT2D eigenvalue weighted by atomic mass is 32.2. The maximum Gasteiger partial charge on any atom is 0.534 e. The highest BCUT2D eigenvalue weighted by Gasteiger charge is 2.49. The third kappa shape index (κ3) is 2.97. The van der Waals surface area contributed by atoms with Gasteiger partial charge < -0.3 is 13.0 Å². The number of rotatable bonds is 3. The lowest BCUT2D eigenvalue weighted by Gasteiger charge is -2.14. The fourth-order valence-electron chi connectivity index (χ4n) is 4.24. The molecule has 34 heavy (non-hydrogen) atoms. The molecule has 0 bridgehead atoms. The molecule has 9 heteroatoms. The van der Waals surface area contributed by atoms with Crippen LogP contribution in [-0.2, 0) is 10.1 Å². The predicted octanol–water partition coefficient (Wildman–Crippen LogP) is 7.38. The molecular weight excluding hydrogens is 469 g/mol. The zero-order valence-electron chi connectivity index (χ0n) is 17.1. The first-order valence-electron chi connectivity index (χ1n) is 10.1. The van der Waals surface area contributed by atoms with Crippen molar-refractivity contribution in [2.75, 3.05) is 0 Å². The van der Waals surface area contributed by atoms with Gasteiger partial charge in [0.15, 0.2) is 5.75 Å². The Morgan fingerprint density at radius 1 is 0.676 bits per heavy atom. The van der Waals surface area contributed by atoms with Gasteiger partial charge in [-0.25, -0.2) is 0 Å². The lowest BCUT2D eigenvalue weighted by atomic mass is 9.96. The third-order valence-corrected chi connectivity index (χ3v) is 6.63. The number of hydrogen-bond acceptors (Lipinski definition) is 5. The summed E-state index contributed by atoms with van der Waals surface area (Å²) in [6.07, 6.45) is 0. The van der Waals surface area contributed by atoms with Crippen LogP contribution in [-0.4, -0.2) is 13.9 Å². The van der Waals surface area contributed by atoms with Crippen LogP contribution in [0, 0.1) is 0 Å². The summed E-state index contributed by atoms with van der Waals surface area (Å²) in [5.74, 6) is -0.482. The zero-order chi connectivity index (χ0) is 23.7. The van der Waals surface area contributed by atoms with Crippen LogP contribution in [0.2, 0.25) is 0 Å². The van der Waals surface area contributed by atoms with E-state index >= 15 is 0 Å². The minimum atomic E-state index is -5.93. The van der Waals surface area contributed by atoms with Crippen LogP contribution in [0.15, 0.2) is 87.7 Å². The number of hydrogen-bond donors (Lipinski definition) is 0. The maximum atomic E-state index is 13.2. The minimum absolute atomic E-state index is 0.125. The van der Waals surface area contributed by atoms with Crippen molar-refractivity contribution in [3.63, 3.8) is 0 Å². The topological polar surface area (TPSA) is 69.7 Å². The van der Waals surface area contributed by atoms with Crippen molar-refractivity contribution < 1.29 is 34.6 Å². The van der Waals surface area contributed by atoms with E-state index in [2.05, 4.69) is 4.18 Å². The van der Waals surface area contributed by atoms with Gasteiger partial charge in [0, 0.05) is 32.7 Å². The zero-order valence-corrected chi connectivity index (χ0v) is 17.9. The monoisotopic (exact) mass is 482 g/mol. The number of halogens is 3. The highest BCUT2D eigenvalue weighted by Crippen LogP contribution is 2.46. The molecule has 170 valence electrons. The van der Waals surface area contributed by atoms with Crippen molar-refractivity contribution in [1.82, 2.24) is 0 Å². The quantitative estimate of drug-likeness (QED) is 0.194. The largest absolute Gasteiger partial charge is 0.534 e. The smallest absolute Gasteiger partial charge is 0.456 e. The van der Waals surface area contributed by atoms with E-state index in [1.54, 1.807) is 48.5 Å². The summed E-state index contributed by atoms with van der Waals surface area (Å²) in [6.45, 7) is 0. The van der Waals surface area contributed by atoms with E-state index in [-0.39, 0.29) is 5.56 Å². The van der Waals surface area contributed by atoms with Crippen molar-refractivity contribution in [3.05, 3.63) is 78.9 Å². The molecule has 0 amide bonds. The number of fused-ring (bicyclic) bond motifs is 6. The Morgan fingerprint density at radius 2 is 1.32 bits per heavy atom. The lowest BCUT2D eigenvalue weighted by Crippen LogP contribution is -2.28. The molecule has 0 aliphatic rings. The lowest BCUT2D eigenvalue weighted by molar-refractivity contribution is -0.0499. The van der Waals surface area contributed by atoms with Gasteiger partial charge in [-0.3, -0.25) is 0 Å². The van der Waals surface area contributed by atoms with Gasteiger partial charge in [-0.1, -0.05) is 54.6 Å². The average Bonchev–Trinajstić information content (AvgIpc) is 3.36. The molecule has 2 heterocycles. The van der Waals surface area contributed by atoms with Crippen molar-refractivity contribution in [2.45, 2.75) is 5.51 Å². The maximum absolute atomic E-state index is 13.2. The van der Waals surface area contributed by atoms with Gasteiger partial charge in [0.25, 0.3) is 0 Å². The summed E-state index contributed by atoms with van der Waals surface area (Å²) >= 11 is 0. The van der Waals surface area contributed by atoms with E-state index < -0.39 is 21.4 Å². The first-order valence-corrected chi connectivity index (χ1v) is 11.5. The first kappa shape index (κ1) is 20.6. The fourth-order valence-corrected chi connectivity index (χ4v) is 4.71. The summed E-state index contributed by atoms with van der Waals surface area (Å²) in [4.78, 5) is 0. The molecule has 4 aromatic carbocycles. The molecule has 0 fully saturated rings.